The molecule has 0 aromatic carbocycles. The molecule has 1 aliphatic carbocycles. The molecule has 33 heavy (non-hydrogen) atoms. The van der Waals surface area contributed by atoms with Crippen LogP contribution in [0.4, 0.5) is 10.6 Å². The topological polar surface area (TPSA) is 94.9 Å². The number of amides is 1. The summed E-state index contributed by atoms with van der Waals surface area (Å²) < 4.78 is 5.14. The van der Waals surface area contributed by atoms with E-state index in [0.29, 0.717) is 12.4 Å². The highest BCUT2D eigenvalue weighted by atomic mass is 16.5. The SMILES string of the molecule is CCC1(N2CCN(c3ncccc3-c3cnc(OC)cn3)CC2)N(C(=O)O)CC12CCCC2. The van der Waals surface area contributed by atoms with E-state index in [1.54, 1.807) is 30.6 Å². The van der Waals surface area contributed by atoms with E-state index >= 15 is 0 Å². The number of likely N-dealkylation sites (tertiary alicyclic amines) is 1. The number of piperazine rings is 1. The molecule has 2 saturated heterocycles. The Morgan fingerprint density at radius 3 is 2.48 bits per heavy atom. The number of pyridine rings is 1. The number of nitrogens with zero attached hydrogens (tertiary/aromatic N) is 6. The zero-order valence-corrected chi connectivity index (χ0v) is 19.4. The Morgan fingerprint density at radius 2 is 1.88 bits per heavy atom. The van der Waals surface area contributed by atoms with Gasteiger partial charge in [0.2, 0.25) is 5.88 Å². The smallest absolute Gasteiger partial charge is 0.408 e. The number of ether oxygens (including phenoxy) is 1. The molecule has 1 atom stereocenters. The highest BCUT2D eigenvalue weighted by Gasteiger charge is 2.68. The molecule has 1 spiro atoms. The molecule has 1 N–H and O–H groups in total. The summed E-state index contributed by atoms with van der Waals surface area (Å²) in [6.07, 6.45) is 9.85. The van der Waals surface area contributed by atoms with Gasteiger partial charge in [-0.25, -0.2) is 19.7 Å². The Morgan fingerprint density at radius 1 is 1.12 bits per heavy atom. The highest BCUT2D eigenvalue weighted by molar-refractivity contribution is 5.73. The zero-order chi connectivity index (χ0) is 23.1. The zero-order valence-electron chi connectivity index (χ0n) is 19.4. The van der Waals surface area contributed by atoms with Crippen LogP contribution in [0.1, 0.15) is 39.0 Å². The van der Waals surface area contributed by atoms with Gasteiger partial charge in [0.05, 0.1) is 25.2 Å². The molecule has 0 radical (unpaired) electrons. The molecule has 5 rings (SSSR count). The molecule has 176 valence electrons. The maximum absolute atomic E-state index is 12.1. The van der Waals surface area contributed by atoms with E-state index in [1.165, 1.54) is 12.8 Å². The number of hydrogen-bond acceptors (Lipinski definition) is 7. The van der Waals surface area contributed by atoms with Gasteiger partial charge >= 0.3 is 6.09 Å². The van der Waals surface area contributed by atoms with Crippen LogP contribution in [-0.2, 0) is 0 Å². The minimum atomic E-state index is -0.790. The Labute approximate surface area is 194 Å². The molecule has 2 aromatic rings. The first-order chi connectivity index (χ1) is 16.0. The van der Waals surface area contributed by atoms with Gasteiger partial charge < -0.3 is 14.7 Å². The first-order valence-corrected chi connectivity index (χ1v) is 11.9. The van der Waals surface area contributed by atoms with Crippen LogP contribution < -0.4 is 9.64 Å². The van der Waals surface area contributed by atoms with Crippen molar-refractivity contribution in [2.24, 2.45) is 5.41 Å². The lowest BCUT2D eigenvalue weighted by atomic mass is 9.62. The second-order valence-electron chi connectivity index (χ2n) is 9.32. The molecular weight excluding hydrogens is 420 g/mol. The third-order valence-corrected chi connectivity index (χ3v) is 8.04. The second kappa shape index (κ2) is 8.44. The number of carbonyl (C=O) groups is 1. The van der Waals surface area contributed by atoms with Crippen LogP contribution in [-0.4, -0.2) is 81.4 Å². The van der Waals surface area contributed by atoms with Gasteiger partial charge in [-0.2, -0.15) is 0 Å². The summed E-state index contributed by atoms with van der Waals surface area (Å²) in [5, 5.41) is 9.96. The molecule has 1 unspecified atom stereocenters. The van der Waals surface area contributed by atoms with Crippen LogP contribution >= 0.6 is 0 Å². The molecule has 1 saturated carbocycles. The van der Waals surface area contributed by atoms with Crippen LogP contribution in [0.2, 0.25) is 0 Å². The van der Waals surface area contributed by atoms with Crippen molar-refractivity contribution in [2.75, 3.05) is 44.7 Å². The molecule has 2 aromatic heterocycles. The maximum atomic E-state index is 12.1. The largest absolute Gasteiger partial charge is 0.480 e. The molecule has 2 aliphatic heterocycles. The third-order valence-electron chi connectivity index (χ3n) is 8.04. The van der Waals surface area contributed by atoms with E-state index in [2.05, 4.69) is 31.7 Å². The van der Waals surface area contributed by atoms with E-state index in [-0.39, 0.29) is 11.1 Å². The highest BCUT2D eigenvalue weighted by Crippen LogP contribution is 2.60. The first-order valence-electron chi connectivity index (χ1n) is 11.9. The number of hydrogen-bond donors (Lipinski definition) is 1. The number of aromatic nitrogens is 3. The number of carboxylic acid groups (broad SMARTS) is 1. The Bertz CT molecular complexity index is 1000. The van der Waals surface area contributed by atoms with Crippen molar-refractivity contribution < 1.29 is 14.6 Å². The van der Waals surface area contributed by atoms with Crippen molar-refractivity contribution in [1.29, 1.82) is 0 Å². The summed E-state index contributed by atoms with van der Waals surface area (Å²) in [6, 6.07) is 3.93. The van der Waals surface area contributed by atoms with E-state index in [9.17, 15) is 9.90 Å². The van der Waals surface area contributed by atoms with E-state index in [4.69, 9.17) is 4.74 Å². The number of methoxy groups -OCH3 is 1. The predicted octanol–water partition coefficient (Wildman–Crippen LogP) is 3.33. The summed E-state index contributed by atoms with van der Waals surface area (Å²) in [4.78, 5) is 32.1. The minimum absolute atomic E-state index is 0.108. The van der Waals surface area contributed by atoms with E-state index in [1.807, 2.05) is 12.1 Å². The van der Waals surface area contributed by atoms with Crippen molar-refractivity contribution >= 4 is 11.9 Å². The lowest BCUT2D eigenvalue weighted by Gasteiger charge is -2.69. The number of anilines is 1. The molecule has 4 heterocycles. The quantitative estimate of drug-likeness (QED) is 0.738. The Kier molecular flexibility index (Phi) is 5.60. The molecule has 3 aliphatic rings. The van der Waals surface area contributed by atoms with Crippen molar-refractivity contribution in [1.82, 2.24) is 24.8 Å². The number of rotatable bonds is 5. The second-order valence-corrected chi connectivity index (χ2v) is 9.32. The molecule has 9 heteroatoms. The molecular formula is C24H32N6O3. The maximum Gasteiger partial charge on any atom is 0.408 e. The minimum Gasteiger partial charge on any atom is -0.480 e. The summed E-state index contributed by atoms with van der Waals surface area (Å²) in [6.45, 7) is 6.03. The van der Waals surface area contributed by atoms with Crippen molar-refractivity contribution in [3.8, 4) is 17.1 Å². The fourth-order valence-electron chi connectivity index (χ4n) is 6.58. The van der Waals surface area contributed by atoms with Crippen LogP contribution in [0.25, 0.3) is 11.3 Å². The van der Waals surface area contributed by atoms with Crippen molar-refractivity contribution in [3.63, 3.8) is 0 Å². The summed E-state index contributed by atoms with van der Waals surface area (Å²) in [5.74, 6) is 1.37. The lowest BCUT2D eigenvalue weighted by Crippen LogP contribution is -2.82. The fraction of sp³-hybridized carbons (Fsp3) is 0.583. The van der Waals surface area contributed by atoms with Gasteiger partial charge in [-0.3, -0.25) is 9.80 Å². The Balaban J connectivity index is 1.38. The molecule has 0 bridgehead atoms. The van der Waals surface area contributed by atoms with Gasteiger partial charge in [0.15, 0.2) is 0 Å². The average Bonchev–Trinajstić information content (AvgIpc) is 3.36. The molecule has 1 amide bonds. The normalized spacial score (nSPS) is 24.7. The Hall–Kier alpha value is -2.94. The summed E-state index contributed by atoms with van der Waals surface area (Å²) >= 11 is 0. The third kappa shape index (κ3) is 3.32. The summed E-state index contributed by atoms with van der Waals surface area (Å²) in [7, 11) is 1.57. The predicted molar refractivity (Wildman–Crippen MR) is 124 cm³/mol. The van der Waals surface area contributed by atoms with Gasteiger partial charge in [0.25, 0.3) is 0 Å². The average molecular weight is 453 g/mol. The van der Waals surface area contributed by atoms with Gasteiger partial charge in [-0.15, -0.1) is 0 Å². The van der Waals surface area contributed by atoms with E-state index in [0.717, 1.165) is 62.5 Å². The van der Waals surface area contributed by atoms with Crippen molar-refractivity contribution in [2.45, 2.75) is 44.7 Å². The van der Waals surface area contributed by atoms with Crippen molar-refractivity contribution in [3.05, 3.63) is 30.7 Å². The van der Waals surface area contributed by atoms with Gasteiger partial charge in [-0.05, 0) is 31.4 Å². The molecule has 9 nitrogen and oxygen atoms in total. The van der Waals surface area contributed by atoms with Crippen LogP contribution in [0, 0.1) is 5.41 Å². The molecule has 3 fully saturated rings. The first kappa shape index (κ1) is 21.9. The summed E-state index contributed by atoms with van der Waals surface area (Å²) in [5.41, 5.74) is 1.43. The van der Waals surface area contributed by atoms with Crippen LogP contribution in [0.3, 0.4) is 0 Å². The lowest BCUT2D eigenvalue weighted by molar-refractivity contribution is -0.225. The fourth-order valence-corrected chi connectivity index (χ4v) is 6.58. The van der Waals surface area contributed by atoms with Gasteiger partial charge in [0.1, 0.15) is 11.5 Å². The van der Waals surface area contributed by atoms with Gasteiger partial charge in [0, 0.05) is 49.9 Å². The standard InChI is InChI=1S/C24H32N6O3/c1-3-24(23(8-4-5-9-23)17-30(24)22(31)32)29-13-11-28(12-14-29)21-18(7-6-10-25-21)19-15-27-20(33-2)16-26-19/h6-7,10,15-16H,3-5,8-9,11-14,17H2,1-2H3,(H,31,32). The van der Waals surface area contributed by atoms with Crippen LogP contribution in [0.15, 0.2) is 30.7 Å². The van der Waals surface area contributed by atoms with Gasteiger partial charge in [-0.1, -0.05) is 19.8 Å². The van der Waals surface area contributed by atoms with E-state index < -0.39 is 6.09 Å². The van der Waals surface area contributed by atoms with Crippen LogP contribution in [0.5, 0.6) is 5.88 Å². The monoisotopic (exact) mass is 452 g/mol.